The van der Waals surface area contributed by atoms with Crippen LogP contribution >= 0.6 is 0 Å². The lowest BCUT2D eigenvalue weighted by Gasteiger charge is -2.22. The van der Waals surface area contributed by atoms with Crippen LogP contribution in [0.3, 0.4) is 0 Å². The van der Waals surface area contributed by atoms with Crippen LogP contribution in [-0.4, -0.2) is 22.9 Å². The van der Waals surface area contributed by atoms with E-state index in [1.807, 2.05) is 13.0 Å². The predicted molar refractivity (Wildman–Crippen MR) is 61.6 cm³/mol. The quantitative estimate of drug-likeness (QED) is 0.846. The zero-order valence-electron chi connectivity index (χ0n) is 9.74. The number of hydrogen-bond acceptors (Lipinski definition) is 2. The van der Waals surface area contributed by atoms with Gasteiger partial charge < -0.3 is 4.90 Å². The van der Waals surface area contributed by atoms with Gasteiger partial charge in [0.25, 0.3) is 0 Å². The van der Waals surface area contributed by atoms with E-state index < -0.39 is 0 Å². The summed E-state index contributed by atoms with van der Waals surface area (Å²) in [6.07, 6.45) is 1.62. The fraction of sp³-hybridized carbons (Fsp3) is 0.462. The first-order valence-corrected chi connectivity index (χ1v) is 6.00. The Bertz CT molecular complexity index is 470. The molecular weight excluding hydrogens is 219 g/mol. The van der Waals surface area contributed by atoms with Gasteiger partial charge in [-0.15, -0.1) is 0 Å². The Hall–Kier alpha value is -1.42. The number of hydrogen-bond donors (Lipinski definition) is 1. The number of nitrogens with one attached hydrogen (secondary N) is 1. The second-order valence-corrected chi connectivity index (χ2v) is 4.78. The molecule has 0 aromatic heterocycles. The van der Waals surface area contributed by atoms with E-state index in [-0.39, 0.29) is 23.4 Å². The smallest absolute Gasteiger partial charge is 0.244 e. The highest BCUT2D eigenvalue weighted by atomic mass is 19.1. The van der Waals surface area contributed by atoms with E-state index in [0.717, 1.165) is 18.4 Å². The van der Waals surface area contributed by atoms with Crippen LogP contribution in [0.4, 0.5) is 4.39 Å². The highest BCUT2D eigenvalue weighted by Gasteiger charge is 2.58. The van der Waals surface area contributed by atoms with Crippen LogP contribution in [0.5, 0.6) is 0 Å². The van der Waals surface area contributed by atoms with Crippen molar-refractivity contribution in [1.29, 1.82) is 0 Å². The van der Waals surface area contributed by atoms with Crippen LogP contribution in [-0.2, 0) is 4.79 Å². The van der Waals surface area contributed by atoms with Crippen molar-refractivity contribution in [2.75, 3.05) is 6.54 Å². The summed E-state index contributed by atoms with van der Waals surface area (Å²) in [7, 11) is 0. The molecular formula is C13H15FN2O. The molecule has 17 heavy (non-hydrogen) atoms. The molecule has 1 atom stereocenters. The molecule has 1 aliphatic heterocycles. The van der Waals surface area contributed by atoms with Crippen molar-refractivity contribution >= 4 is 5.91 Å². The fourth-order valence-electron chi connectivity index (χ4n) is 2.54. The first-order chi connectivity index (χ1) is 8.16. The second kappa shape index (κ2) is 3.53. The van der Waals surface area contributed by atoms with Crippen molar-refractivity contribution in [3.63, 3.8) is 0 Å². The van der Waals surface area contributed by atoms with Gasteiger partial charge >= 0.3 is 0 Å². The molecule has 2 fully saturated rings. The van der Waals surface area contributed by atoms with Gasteiger partial charge in [0, 0.05) is 6.54 Å². The number of halogens is 1. The van der Waals surface area contributed by atoms with Crippen LogP contribution in [0.2, 0.25) is 0 Å². The molecule has 1 spiro atoms. The Morgan fingerprint density at radius 1 is 1.53 bits per heavy atom. The van der Waals surface area contributed by atoms with Crippen molar-refractivity contribution in [3.8, 4) is 0 Å². The summed E-state index contributed by atoms with van der Waals surface area (Å²) >= 11 is 0. The summed E-state index contributed by atoms with van der Waals surface area (Å²) in [6, 6.07) is 6.46. The zero-order valence-corrected chi connectivity index (χ0v) is 9.74. The first-order valence-electron chi connectivity index (χ1n) is 6.00. The van der Waals surface area contributed by atoms with Crippen LogP contribution < -0.4 is 5.32 Å². The van der Waals surface area contributed by atoms with E-state index in [0.29, 0.717) is 6.54 Å². The summed E-state index contributed by atoms with van der Waals surface area (Å²) in [5.41, 5.74) is 0.483. The third-order valence-corrected chi connectivity index (χ3v) is 3.65. The number of likely N-dealkylation sites (N-methyl/N-ethyl adjacent to an activating group) is 1. The molecule has 1 amide bonds. The van der Waals surface area contributed by atoms with Crippen molar-refractivity contribution < 1.29 is 9.18 Å². The number of carbonyl (C=O) groups excluding carboxylic acids is 1. The van der Waals surface area contributed by atoms with Gasteiger partial charge in [0.1, 0.15) is 17.5 Å². The normalized spacial score (nSPS) is 25.6. The molecule has 3 nitrogen and oxygen atoms in total. The maximum Gasteiger partial charge on any atom is 0.244 e. The molecule has 2 aliphatic rings. The average Bonchev–Trinajstić information content (AvgIpc) is 3.03. The minimum atomic E-state index is -0.340. The maximum atomic E-state index is 13.2. The maximum absolute atomic E-state index is 13.2. The van der Waals surface area contributed by atoms with Crippen molar-refractivity contribution in [2.45, 2.75) is 31.5 Å². The monoisotopic (exact) mass is 234 g/mol. The Kier molecular flexibility index (Phi) is 2.23. The van der Waals surface area contributed by atoms with Crippen molar-refractivity contribution in [2.24, 2.45) is 0 Å². The molecule has 1 heterocycles. The fourth-order valence-corrected chi connectivity index (χ4v) is 2.54. The molecule has 1 unspecified atom stereocenters. The van der Waals surface area contributed by atoms with Crippen LogP contribution in [0, 0.1) is 5.82 Å². The van der Waals surface area contributed by atoms with Crippen LogP contribution in [0.25, 0.3) is 0 Å². The number of carbonyl (C=O) groups is 1. The summed E-state index contributed by atoms with van der Waals surface area (Å²) < 4.78 is 13.2. The molecule has 1 saturated heterocycles. The van der Waals surface area contributed by atoms with Crippen molar-refractivity contribution in [1.82, 2.24) is 10.2 Å². The molecule has 4 heteroatoms. The van der Waals surface area contributed by atoms with Gasteiger partial charge in [-0.3, -0.25) is 10.1 Å². The van der Waals surface area contributed by atoms with Gasteiger partial charge in [0.2, 0.25) is 5.91 Å². The van der Waals surface area contributed by atoms with E-state index in [4.69, 9.17) is 0 Å². The molecule has 90 valence electrons. The summed E-state index contributed by atoms with van der Waals surface area (Å²) in [6.45, 7) is 2.60. The number of amides is 1. The molecule has 0 radical (unpaired) electrons. The highest BCUT2D eigenvalue weighted by Crippen LogP contribution is 2.45. The van der Waals surface area contributed by atoms with Gasteiger partial charge in [-0.05, 0) is 37.5 Å². The zero-order chi connectivity index (χ0) is 12.0. The molecule has 3 rings (SSSR count). The number of nitrogens with zero attached hydrogens (tertiary/aromatic N) is 1. The largest absolute Gasteiger partial charge is 0.322 e. The topological polar surface area (TPSA) is 32.3 Å². The van der Waals surface area contributed by atoms with Gasteiger partial charge in [-0.2, -0.15) is 0 Å². The summed E-state index contributed by atoms with van der Waals surface area (Å²) in [5.74, 6) is -0.0983. The standard InChI is InChI=1S/C13H15FN2O/c1-2-16-11(9-4-3-5-10(14)8-9)15-13(6-7-13)12(16)17/h3-5,8,11,15H,2,6-7H2,1H3. The third-order valence-electron chi connectivity index (χ3n) is 3.65. The van der Waals surface area contributed by atoms with E-state index in [9.17, 15) is 9.18 Å². The van der Waals surface area contributed by atoms with Gasteiger partial charge in [-0.25, -0.2) is 4.39 Å². The Morgan fingerprint density at radius 2 is 2.29 bits per heavy atom. The summed E-state index contributed by atoms with van der Waals surface area (Å²) in [5, 5.41) is 3.35. The third kappa shape index (κ3) is 1.55. The lowest BCUT2D eigenvalue weighted by Crippen LogP contribution is -2.32. The predicted octanol–water partition coefficient (Wildman–Crippen LogP) is 1.81. The van der Waals surface area contributed by atoms with Gasteiger partial charge in [0.05, 0.1) is 0 Å². The van der Waals surface area contributed by atoms with Gasteiger partial charge in [0.15, 0.2) is 0 Å². The van der Waals surface area contributed by atoms with Crippen LogP contribution in [0.1, 0.15) is 31.5 Å². The minimum Gasteiger partial charge on any atom is -0.322 e. The SMILES string of the molecule is CCN1C(=O)C2(CC2)NC1c1cccc(F)c1. The lowest BCUT2D eigenvalue weighted by molar-refractivity contribution is -0.130. The lowest BCUT2D eigenvalue weighted by atomic mass is 10.1. The second-order valence-electron chi connectivity index (χ2n) is 4.78. The highest BCUT2D eigenvalue weighted by molar-refractivity contribution is 5.92. The van der Waals surface area contributed by atoms with Crippen molar-refractivity contribution in [3.05, 3.63) is 35.6 Å². The van der Waals surface area contributed by atoms with E-state index >= 15 is 0 Å². The minimum absolute atomic E-state index is 0.161. The van der Waals surface area contributed by atoms with Gasteiger partial charge in [-0.1, -0.05) is 12.1 Å². The first kappa shape index (κ1) is 10.7. The molecule has 0 bridgehead atoms. The Labute approximate surface area is 99.6 Å². The molecule has 1 aromatic carbocycles. The Morgan fingerprint density at radius 3 is 2.88 bits per heavy atom. The van der Waals surface area contributed by atoms with Crippen LogP contribution in [0.15, 0.2) is 24.3 Å². The Balaban J connectivity index is 1.95. The summed E-state index contributed by atoms with van der Waals surface area (Å²) in [4.78, 5) is 14.0. The molecule has 1 aliphatic carbocycles. The average molecular weight is 234 g/mol. The van der Waals surface area contributed by atoms with E-state index in [1.165, 1.54) is 12.1 Å². The van der Waals surface area contributed by atoms with E-state index in [1.54, 1.807) is 11.0 Å². The number of rotatable bonds is 2. The number of benzene rings is 1. The molecule has 1 N–H and O–H groups in total. The molecule has 1 saturated carbocycles. The molecule has 1 aromatic rings. The van der Waals surface area contributed by atoms with E-state index in [2.05, 4.69) is 5.32 Å².